The predicted molar refractivity (Wildman–Crippen MR) is 58.6 cm³/mol. The van der Waals surface area contributed by atoms with Gasteiger partial charge in [0, 0.05) is 30.2 Å². The first-order valence-corrected chi connectivity index (χ1v) is 4.91. The van der Waals surface area contributed by atoms with Gasteiger partial charge in [-0.2, -0.15) is 0 Å². The summed E-state index contributed by atoms with van der Waals surface area (Å²) >= 11 is 5.77. The number of hydrogen-bond acceptors (Lipinski definition) is 1. The first-order valence-electron chi connectivity index (χ1n) is 4.53. The van der Waals surface area contributed by atoms with Gasteiger partial charge in [0.1, 0.15) is 0 Å². The van der Waals surface area contributed by atoms with Crippen molar-refractivity contribution in [2.24, 2.45) is 5.92 Å². The molecule has 0 N–H and O–H groups in total. The van der Waals surface area contributed by atoms with E-state index in [1.165, 1.54) is 5.70 Å². The summed E-state index contributed by atoms with van der Waals surface area (Å²) in [7, 11) is 2.10. The largest absolute Gasteiger partial charge is 0.374 e. The maximum absolute atomic E-state index is 5.77. The van der Waals surface area contributed by atoms with Crippen molar-refractivity contribution in [3.63, 3.8) is 0 Å². The van der Waals surface area contributed by atoms with Crippen LogP contribution in [-0.4, -0.2) is 18.5 Å². The molecule has 1 unspecified atom stereocenters. The Morgan fingerprint density at radius 2 is 2.38 bits per heavy atom. The van der Waals surface area contributed by atoms with Gasteiger partial charge in [0.05, 0.1) is 0 Å². The van der Waals surface area contributed by atoms with Crippen LogP contribution in [-0.2, 0) is 0 Å². The average Bonchev–Trinajstić information content (AvgIpc) is 2.03. The molecule has 1 rings (SSSR count). The number of likely N-dealkylation sites (N-methyl/N-ethyl adjacent to an activating group) is 1. The Morgan fingerprint density at radius 1 is 1.69 bits per heavy atom. The maximum atomic E-state index is 5.77. The van der Waals surface area contributed by atoms with Gasteiger partial charge in [0.2, 0.25) is 0 Å². The number of nitrogens with zero attached hydrogens (tertiary/aromatic N) is 1. The number of allylic oxidation sites excluding steroid dienone is 4. The summed E-state index contributed by atoms with van der Waals surface area (Å²) in [5, 5.41) is 0.822. The Balaban J connectivity index is 2.82. The smallest absolute Gasteiger partial charge is 0.0353 e. The summed E-state index contributed by atoms with van der Waals surface area (Å²) in [6.07, 6.45) is 8.46. The lowest BCUT2D eigenvalue weighted by Gasteiger charge is -2.28. The molecular formula is C11H16ClN. The highest BCUT2D eigenvalue weighted by molar-refractivity contribution is 6.29. The van der Waals surface area contributed by atoms with Crippen LogP contribution in [0.25, 0.3) is 0 Å². The molecule has 0 saturated heterocycles. The minimum absolute atomic E-state index is 0.492. The molecule has 1 aliphatic heterocycles. The van der Waals surface area contributed by atoms with Crippen LogP contribution in [0.2, 0.25) is 0 Å². The first kappa shape index (κ1) is 10.4. The molecule has 0 amide bonds. The van der Waals surface area contributed by atoms with Gasteiger partial charge < -0.3 is 4.90 Å². The highest BCUT2D eigenvalue weighted by atomic mass is 35.5. The second-order valence-electron chi connectivity index (χ2n) is 3.44. The van der Waals surface area contributed by atoms with Crippen molar-refractivity contribution in [1.29, 1.82) is 0 Å². The topological polar surface area (TPSA) is 3.24 Å². The van der Waals surface area contributed by atoms with Crippen molar-refractivity contribution < 1.29 is 0 Å². The highest BCUT2D eigenvalue weighted by Gasteiger charge is 2.12. The molecule has 0 aliphatic carbocycles. The van der Waals surface area contributed by atoms with Crippen LogP contribution in [0.5, 0.6) is 0 Å². The van der Waals surface area contributed by atoms with E-state index < -0.39 is 0 Å². The average molecular weight is 198 g/mol. The van der Waals surface area contributed by atoms with Crippen LogP contribution in [0.3, 0.4) is 0 Å². The van der Waals surface area contributed by atoms with E-state index in [2.05, 4.69) is 37.1 Å². The van der Waals surface area contributed by atoms with Gasteiger partial charge in [-0.3, -0.25) is 0 Å². The fourth-order valence-electron chi connectivity index (χ4n) is 1.45. The van der Waals surface area contributed by atoms with Crippen molar-refractivity contribution in [3.8, 4) is 0 Å². The SMILES string of the molecule is C/C(Cl)=C\C=C1/C(C)C=CCN1C. The van der Waals surface area contributed by atoms with E-state index in [1.807, 2.05) is 13.0 Å². The molecule has 0 spiro atoms. The monoisotopic (exact) mass is 197 g/mol. The van der Waals surface area contributed by atoms with Crippen LogP contribution in [0.4, 0.5) is 0 Å². The molecule has 0 aromatic rings. The van der Waals surface area contributed by atoms with Crippen LogP contribution < -0.4 is 0 Å². The Bertz CT molecular complexity index is 259. The second kappa shape index (κ2) is 4.52. The molecular weight excluding hydrogens is 182 g/mol. The molecule has 0 aromatic carbocycles. The molecule has 13 heavy (non-hydrogen) atoms. The van der Waals surface area contributed by atoms with E-state index >= 15 is 0 Å². The second-order valence-corrected chi connectivity index (χ2v) is 4.04. The molecule has 0 fully saturated rings. The summed E-state index contributed by atoms with van der Waals surface area (Å²) in [6, 6.07) is 0. The standard InChI is InChI=1S/C11H16ClN/c1-9-5-4-8-13(3)11(9)7-6-10(2)12/h4-7,9H,8H2,1-3H3/b10-6+,11-7+. The Morgan fingerprint density at radius 3 is 2.92 bits per heavy atom. The molecule has 1 aliphatic rings. The zero-order valence-electron chi connectivity index (χ0n) is 8.42. The van der Waals surface area contributed by atoms with Crippen molar-refractivity contribution in [2.45, 2.75) is 13.8 Å². The Labute approximate surface area is 85.4 Å². The summed E-state index contributed by atoms with van der Waals surface area (Å²) in [5.74, 6) is 0.492. The highest BCUT2D eigenvalue weighted by Crippen LogP contribution is 2.20. The van der Waals surface area contributed by atoms with E-state index in [4.69, 9.17) is 11.6 Å². The van der Waals surface area contributed by atoms with Crippen LogP contribution in [0.15, 0.2) is 35.0 Å². The zero-order chi connectivity index (χ0) is 9.84. The van der Waals surface area contributed by atoms with E-state index in [0.717, 1.165) is 11.6 Å². The minimum atomic E-state index is 0.492. The zero-order valence-corrected chi connectivity index (χ0v) is 9.17. The third-order valence-electron chi connectivity index (χ3n) is 2.20. The molecule has 1 nitrogen and oxygen atoms in total. The normalized spacial score (nSPS) is 27.1. The number of rotatable bonds is 1. The third-order valence-corrected chi connectivity index (χ3v) is 2.32. The molecule has 1 atom stereocenters. The molecule has 0 bridgehead atoms. The minimum Gasteiger partial charge on any atom is -0.374 e. The summed E-state index contributed by atoms with van der Waals surface area (Å²) in [4.78, 5) is 2.24. The van der Waals surface area contributed by atoms with Crippen molar-refractivity contribution >= 4 is 11.6 Å². The Hall–Kier alpha value is -0.690. The van der Waals surface area contributed by atoms with E-state index in [0.29, 0.717) is 5.92 Å². The summed E-state index contributed by atoms with van der Waals surface area (Å²) < 4.78 is 0. The molecule has 0 saturated carbocycles. The van der Waals surface area contributed by atoms with Gasteiger partial charge in [0.25, 0.3) is 0 Å². The molecule has 2 heteroatoms. The van der Waals surface area contributed by atoms with Crippen molar-refractivity contribution in [2.75, 3.05) is 13.6 Å². The van der Waals surface area contributed by atoms with Crippen LogP contribution >= 0.6 is 11.6 Å². The Kier molecular flexibility index (Phi) is 3.61. The summed E-state index contributed by atoms with van der Waals surface area (Å²) in [5.41, 5.74) is 1.32. The quantitative estimate of drug-likeness (QED) is 0.584. The fraction of sp³-hybridized carbons (Fsp3) is 0.455. The first-order chi connectivity index (χ1) is 6.11. The molecule has 0 aromatic heterocycles. The van der Waals surface area contributed by atoms with Crippen LogP contribution in [0, 0.1) is 5.92 Å². The van der Waals surface area contributed by atoms with Gasteiger partial charge in [-0.1, -0.05) is 30.7 Å². The van der Waals surface area contributed by atoms with E-state index in [1.54, 1.807) is 0 Å². The van der Waals surface area contributed by atoms with E-state index in [-0.39, 0.29) is 0 Å². The van der Waals surface area contributed by atoms with Gasteiger partial charge in [-0.05, 0) is 19.1 Å². The van der Waals surface area contributed by atoms with Crippen molar-refractivity contribution in [3.05, 3.63) is 35.0 Å². The lowest BCUT2D eigenvalue weighted by Crippen LogP contribution is -2.24. The fourth-order valence-corrected chi connectivity index (χ4v) is 1.52. The molecule has 1 heterocycles. The van der Waals surface area contributed by atoms with Gasteiger partial charge in [0.15, 0.2) is 0 Å². The number of halogens is 1. The van der Waals surface area contributed by atoms with Gasteiger partial charge in [-0.15, -0.1) is 0 Å². The van der Waals surface area contributed by atoms with Crippen LogP contribution in [0.1, 0.15) is 13.8 Å². The number of hydrogen-bond donors (Lipinski definition) is 0. The van der Waals surface area contributed by atoms with E-state index in [9.17, 15) is 0 Å². The predicted octanol–water partition coefficient (Wildman–Crippen LogP) is 3.15. The van der Waals surface area contributed by atoms with Crippen molar-refractivity contribution in [1.82, 2.24) is 4.90 Å². The van der Waals surface area contributed by atoms with Gasteiger partial charge >= 0.3 is 0 Å². The summed E-state index contributed by atoms with van der Waals surface area (Å²) in [6.45, 7) is 5.07. The lowest BCUT2D eigenvalue weighted by atomic mass is 10.0. The maximum Gasteiger partial charge on any atom is 0.0353 e. The van der Waals surface area contributed by atoms with Gasteiger partial charge in [-0.25, -0.2) is 0 Å². The lowest BCUT2D eigenvalue weighted by molar-refractivity contribution is 0.407. The molecule has 0 radical (unpaired) electrons. The molecule has 72 valence electrons. The third kappa shape index (κ3) is 2.92.